The number of aromatic amines is 2. The minimum atomic E-state index is -4.62. The maximum absolute atomic E-state index is 14.4. The summed E-state index contributed by atoms with van der Waals surface area (Å²) in [5.74, 6) is -0.403. The fraction of sp³-hybridized carbons (Fsp3) is 0.0500. The molecule has 0 aliphatic carbocycles. The number of aromatic nitrogens is 8. The molecule has 6 heterocycles. The predicted octanol–water partition coefficient (Wildman–Crippen LogP) is 6.93. The van der Waals surface area contributed by atoms with Crippen LogP contribution in [0.1, 0.15) is 11.1 Å². The van der Waals surface area contributed by atoms with Gasteiger partial charge >= 0.3 is 12.4 Å². The summed E-state index contributed by atoms with van der Waals surface area (Å²) in [6, 6.07) is 19.9. The number of fused-ring (bicyclic) bond motifs is 4. The van der Waals surface area contributed by atoms with E-state index in [9.17, 15) is 45.5 Å². The Hall–Kier alpha value is -7.76. The number of hydrogen-bond donors (Lipinski definition) is 2. The number of H-pyrrole nitrogens is 2. The SMILES string of the molecule is O=c1[nH]n(-c2nc3ncccc3cc2-c2ccc(C(F)(F)F)cc2)c(=O)c2cc3c(=O)n(-c4nc5ncccc5cc4-c4ccc(C(F)(F)F)cc4)[nH]c(=O)c3cc12. The third kappa shape index (κ3) is 5.97. The van der Waals surface area contributed by atoms with Crippen molar-refractivity contribution in [2.24, 2.45) is 0 Å². The van der Waals surface area contributed by atoms with Gasteiger partial charge in [-0.3, -0.25) is 29.4 Å². The minimum Gasteiger partial charge on any atom is -0.267 e. The van der Waals surface area contributed by atoms with Crippen molar-refractivity contribution in [3.63, 3.8) is 0 Å². The quantitative estimate of drug-likeness (QED) is 0.143. The van der Waals surface area contributed by atoms with Gasteiger partial charge in [-0.2, -0.15) is 35.7 Å². The first-order valence-corrected chi connectivity index (χ1v) is 17.0. The van der Waals surface area contributed by atoms with Crippen LogP contribution in [-0.4, -0.2) is 39.5 Å². The van der Waals surface area contributed by atoms with E-state index >= 15 is 0 Å². The van der Waals surface area contributed by atoms with Gasteiger partial charge in [-0.05, 0) is 83.9 Å². The van der Waals surface area contributed by atoms with E-state index in [1.54, 1.807) is 36.4 Å². The molecule has 0 aliphatic heterocycles. The first-order valence-electron chi connectivity index (χ1n) is 17.0. The largest absolute Gasteiger partial charge is 0.416 e. The van der Waals surface area contributed by atoms with Crippen LogP contribution in [0, 0.1) is 0 Å². The molecule has 0 atom stereocenters. The van der Waals surface area contributed by atoms with Gasteiger partial charge in [0.15, 0.2) is 22.9 Å². The molecular formula is C40H20F6N8O4. The lowest BCUT2D eigenvalue weighted by molar-refractivity contribution is -0.138. The fourth-order valence-electron chi connectivity index (χ4n) is 6.73. The zero-order chi connectivity index (χ0) is 40.7. The zero-order valence-electron chi connectivity index (χ0n) is 29.0. The van der Waals surface area contributed by atoms with Crippen LogP contribution < -0.4 is 22.2 Å². The number of benzene rings is 3. The highest BCUT2D eigenvalue weighted by atomic mass is 19.4. The maximum Gasteiger partial charge on any atom is 0.416 e. The lowest BCUT2D eigenvalue weighted by Gasteiger charge is -2.15. The van der Waals surface area contributed by atoms with Crippen LogP contribution in [0.15, 0.2) is 129 Å². The van der Waals surface area contributed by atoms with Gasteiger partial charge in [0.2, 0.25) is 0 Å². The molecule has 0 saturated heterocycles. The van der Waals surface area contributed by atoms with Crippen LogP contribution in [0.3, 0.4) is 0 Å². The van der Waals surface area contributed by atoms with Gasteiger partial charge in [0.05, 0.1) is 32.7 Å². The molecule has 0 fully saturated rings. The Morgan fingerprint density at radius 3 is 1.24 bits per heavy atom. The molecule has 9 rings (SSSR count). The molecule has 0 amide bonds. The number of nitrogens with zero attached hydrogens (tertiary/aromatic N) is 6. The number of nitrogens with one attached hydrogen (secondary N) is 2. The van der Waals surface area contributed by atoms with Gasteiger partial charge in [0.1, 0.15) is 0 Å². The summed E-state index contributed by atoms with van der Waals surface area (Å²) in [5, 5.41) is 4.59. The van der Waals surface area contributed by atoms with E-state index in [-0.39, 0.29) is 66.7 Å². The topological polar surface area (TPSA) is 161 Å². The highest BCUT2D eigenvalue weighted by molar-refractivity contribution is 5.97. The normalized spacial score (nSPS) is 12.2. The van der Waals surface area contributed by atoms with Gasteiger partial charge in [0.25, 0.3) is 22.2 Å². The summed E-state index contributed by atoms with van der Waals surface area (Å²) in [7, 11) is 0. The zero-order valence-corrected chi connectivity index (χ0v) is 29.0. The Labute approximate surface area is 317 Å². The van der Waals surface area contributed by atoms with Crippen LogP contribution in [0.2, 0.25) is 0 Å². The molecule has 2 N–H and O–H groups in total. The van der Waals surface area contributed by atoms with Crippen molar-refractivity contribution in [3.05, 3.63) is 162 Å². The molecule has 9 aromatic rings. The first-order chi connectivity index (χ1) is 27.7. The molecule has 18 heteroatoms. The molecule has 12 nitrogen and oxygen atoms in total. The van der Waals surface area contributed by atoms with E-state index in [4.69, 9.17) is 0 Å². The summed E-state index contributed by atoms with van der Waals surface area (Å²) in [4.78, 5) is 73.5. The number of hydrogen-bond acceptors (Lipinski definition) is 8. The monoisotopic (exact) mass is 790 g/mol. The standard InChI is InChI=1S/C40H20F6N8O4/c41-39(42,43)23-9-5-19(6-10-23)25-15-21-3-1-13-47-31(21)49-33(25)53-37(57)29-18-30-28(17-27(29)35(55)51-53)36(56)52-54(38(30)58)34-26(16-22-4-2-14-48-32(22)50-34)20-7-11-24(12-8-20)40(44,45)46/h1-18H,(H,51,55)(H,52,56). The number of rotatable bonds is 4. The highest BCUT2D eigenvalue weighted by Gasteiger charge is 2.31. The summed E-state index contributed by atoms with van der Waals surface area (Å²) in [6.07, 6.45) is -6.38. The molecule has 6 aromatic heterocycles. The Morgan fingerprint density at radius 1 is 0.483 bits per heavy atom. The predicted molar refractivity (Wildman–Crippen MR) is 201 cm³/mol. The van der Waals surface area contributed by atoms with E-state index in [0.717, 1.165) is 45.8 Å². The van der Waals surface area contributed by atoms with Crippen molar-refractivity contribution in [3.8, 4) is 33.9 Å². The van der Waals surface area contributed by atoms with Crippen molar-refractivity contribution < 1.29 is 26.3 Å². The maximum atomic E-state index is 14.4. The lowest BCUT2D eigenvalue weighted by Crippen LogP contribution is -2.32. The van der Waals surface area contributed by atoms with Crippen LogP contribution in [0.5, 0.6) is 0 Å². The average molecular weight is 791 g/mol. The highest BCUT2D eigenvalue weighted by Crippen LogP contribution is 2.35. The Kier molecular flexibility index (Phi) is 7.99. The van der Waals surface area contributed by atoms with Gasteiger partial charge in [-0.15, -0.1) is 0 Å². The van der Waals surface area contributed by atoms with E-state index in [0.29, 0.717) is 10.8 Å². The molecule has 58 heavy (non-hydrogen) atoms. The molecule has 286 valence electrons. The Bertz CT molecular complexity index is 3190. The van der Waals surface area contributed by atoms with Crippen LogP contribution in [0.4, 0.5) is 26.3 Å². The summed E-state index contributed by atoms with van der Waals surface area (Å²) in [5.41, 5.74) is -4.44. The smallest absolute Gasteiger partial charge is 0.267 e. The second kappa shape index (κ2) is 12.9. The summed E-state index contributed by atoms with van der Waals surface area (Å²) < 4.78 is 82.1. The molecular weight excluding hydrogens is 770 g/mol. The molecule has 0 saturated carbocycles. The second-order valence-corrected chi connectivity index (χ2v) is 13.1. The summed E-state index contributed by atoms with van der Waals surface area (Å²) >= 11 is 0. The van der Waals surface area contributed by atoms with Crippen LogP contribution in [-0.2, 0) is 12.4 Å². The Morgan fingerprint density at radius 2 is 0.862 bits per heavy atom. The van der Waals surface area contributed by atoms with Gasteiger partial charge < -0.3 is 0 Å². The molecule has 0 unspecified atom stereocenters. The van der Waals surface area contributed by atoms with Gasteiger partial charge in [-0.25, -0.2) is 19.9 Å². The number of alkyl halides is 6. The van der Waals surface area contributed by atoms with Gasteiger partial charge in [0, 0.05) is 34.3 Å². The van der Waals surface area contributed by atoms with Gasteiger partial charge in [-0.1, -0.05) is 24.3 Å². The van der Waals surface area contributed by atoms with Crippen molar-refractivity contribution in [2.45, 2.75) is 12.4 Å². The fourth-order valence-corrected chi connectivity index (χ4v) is 6.73. The second-order valence-electron chi connectivity index (χ2n) is 13.1. The summed E-state index contributed by atoms with van der Waals surface area (Å²) in [6.45, 7) is 0. The average Bonchev–Trinajstić information content (AvgIpc) is 3.21. The van der Waals surface area contributed by atoms with E-state index in [1.807, 2.05) is 0 Å². The molecule has 0 spiro atoms. The number of halogens is 6. The molecule has 0 aliphatic rings. The van der Waals surface area contributed by atoms with Crippen molar-refractivity contribution in [1.82, 2.24) is 39.5 Å². The van der Waals surface area contributed by atoms with E-state index in [1.165, 1.54) is 36.7 Å². The minimum absolute atomic E-state index is 0.134. The molecule has 3 aromatic carbocycles. The van der Waals surface area contributed by atoms with E-state index in [2.05, 4.69) is 30.1 Å². The first kappa shape index (κ1) is 35.9. The third-order valence-electron chi connectivity index (χ3n) is 9.55. The van der Waals surface area contributed by atoms with Crippen LogP contribution in [0.25, 0.3) is 77.5 Å². The lowest BCUT2D eigenvalue weighted by atomic mass is 10.0. The van der Waals surface area contributed by atoms with E-state index < -0.39 is 45.7 Å². The molecule has 0 bridgehead atoms. The Balaban J connectivity index is 1.28. The van der Waals surface area contributed by atoms with Crippen molar-refractivity contribution in [1.29, 1.82) is 0 Å². The molecule has 0 radical (unpaired) electrons. The van der Waals surface area contributed by atoms with Crippen LogP contribution >= 0.6 is 0 Å². The van der Waals surface area contributed by atoms with Crippen molar-refractivity contribution in [2.75, 3.05) is 0 Å². The number of pyridine rings is 4. The van der Waals surface area contributed by atoms with Crippen molar-refractivity contribution >= 4 is 43.6 Å². The third-order valence-corrected chi connectivity index (χ3v) is 9.55.